The number of nitrogens with one attached hydrogen (secondary N) is 1. The standard InChI is InChI=1S/C11H8ClN3O/c12-7-2-1-3-9-6(7)4-10(15-9)11-8(13)5-14-16-11/h1-5,15H,13H2. The van der Waals surface area contributed by atoms with Crippen LogP contribution >= 0.6 is 11.6 Å². The van der Waals surface area contributed by atoms with Gasteiger partial charge in [-0.2, -0.15) is 0 Å². The van der Waals surface area contributed by atoms with Crippen LogP contribution in [-0.4, -0.2) is 10.1 Å². The summed E-state index contributed by atoms with van der Waals surface area (Å²) < 4.78 is 5.07. The molecule has 0 aliphatic carbocycles. The third-order valence-electron chi connectivity index (χ3n) is 2.45. The molecule has 0 radical (unpaired) electrons. The second-order valence-electron chi connectivity index (χ2n) is 3.49. The Balaban J connectivity index is 2.27. The van der Waals surface area contributed by atoms with Crippen LogP contribution in [0, 0.1) is 0 Å². The van der Waals surface area contributed by atoms with Crippen LogP contribution in [0.2, 0.25) is 5.02 Å². The van der Waals surface area contributed by atoms with Crippen LogP contribution in [0.4, 0.5) is 5.69 Å². The lowest BCUT2D eigenvalue weighted by atomic mass is 10.2. The van der Waals surface area contributed by atoms with Crippen molar-refractivity contribution >= 4 is 28.2 Å². The van der Waals surface area contributed by atoms with Gasteiger partial charge in [0.05, 0.1) is 11.9 Å². The van der Waals surface area contributed by atoms with Gasteiger partial charge in [0.25, 0.3) is 0 Å². The van der Waals surface area contributed by atoms with Crippen LogP contribution in [0.5, 0.6) is 0 Å². The van der Waals surface area contributed by atoms with Crippen molar-refractivity contribution < 1.29 is 4.52 Å². The lowest BCUT2D eigenvalue weighted by molar-refractivity contribution is 0.431. The molecule has 5 heteroatoms. The van der Waals surface area contributed by atoms with Gasteiger partial charge in [0.2, 0.25) is 5.76 Å². The Labute approximate surface area is 96.0 Å². The number of aromatic nitrogens is 2. The number of hydrogen-bond acceptors (Lipinski definition) is 3. The number of nitrogen functional groups attached to an aromatic ring is 1. The molecule has 0 fully saturated rings. The Morgan fingerprint density at radius 1 is 1.38 bits per heavy atom. The van der Waals surface area contributed by atoms with Crippen LogP contribution in [0.1, 0.15) is 0 Å². The molecule has 0 unspecified atom stereocenters. The van der Waals surface area contributed by atoms with Gasteiger partial charge in [-0.3, -0.25) is 0 Å². The Bertz CT molecular complexity index is 656. The number of hydrogen-bond donors (Lipinski definition) is 2. The zero-order valence-corrected chi connectivity index (χ0v) is 8.95. The fourth-order valence-corrected chi connectivity index (χ4v) is 1.92. The van der Waals surface area contributed by atoms with E-state index < -0.39 is 0 Å². The minimum Gasteiger partial charge on any atom is -0.394 e. The van der Waals surface area contributed by atoms with Gasteiger partial charge in [-0.15, -0.1) is 0 Å². The first-order chi connectivity index (χ1) is 7.75. The first-order valence-electron chi connectivity index (χ1n) is 4.73. The number of nitrogens with zero attached hydrogens (tertiary/aromatic N) is 1. The molecule has 4 nitrogen and oxygen atoms in total. The van der Waals surface area contributed by atoms with Crippen LogP contribution < -0.4 is 5.73 Å². The summed E-state index contributed by atoms with van der Waals surface area (Å²) in [6.07, 6.45) is 1.47. The van der Waals surface area contributed by atoms with Gasteiger partial charge in [0, 0.05) is 15.9 Å². The van der Waals surface area contributed by atoms with Crippen LogP contribution in [-0.2, 0) is 0 Å². The molecule has 0 atom stereocenters. The van der Waals surface area contributed by atoms with E-state index >= 15 is 0 Å². The van der Waals surface area contributed by atoms with Crippen molar-refractivity contribution in [2.45, 2.75) is 0 Å². The van der Waals surface area contributed by atoms with Crippen LogP contribution in [0.3, 0.4) is 0 Å². The highest BCUT2D eigenvalue weighted by Crippen LogP contribution is 2.31. The van der Waals surface area contributed by atoms with Gasteiger partial charge < -0.3 is 15.2 Å². The molecule has 0 aliphatic heterocycles. The first kappa shape index (κ1) is 9.30. The number of aromatic amines is 1. The zero-order valence-electron chi connectivity index (χ0n) is 8.20. The Morgan fingerprint density at radius 2 is 2.25 bits per heavy atom. The van der Waals surface area contributed by atoms with E-state index in [1.54, 1.807) is 0 Å². The highest BCUT2D eigenvalue weighted by molar-refractivity contribution is 6.35. The lowest BCUT2D eigenvalue weighted by Gasteiger charge is -1.90. The third kappa shape index (κ3) is 1.27. The van der Waals surface area contributed by atoms with E-state index in [4.69, 9.17) is 21.9 Å². The molecule has 3 aromatic rings. The van der Waals surface area contributed by atoms with Gasteiger partial charge in [-0.05, 0) is 18.2 Å². The third-order valence-corrected chi connectivity index (χ3v) is 2.78. The molecule has 16 heavy (non-hydrogen) atoms. The molecule has 0 amide bonds. The highest BCUT2D eigenvalue weighted by Gasteiger charge is 2.11. The van der Waals surface area contributed by atoms with Gasteiger partial charge in [0.15, 0.2) is 0 Å². The molecule has 3 rings (SSSR count). The smallest absolute Gasteiger partial charge is 0.205 e. The predicted molar refractivity (Wildman–Crippen MR) is 63.2 cm³/mol. The molecule has 0 spiro atoms. The largest absolute Gasteiger partial charge is 0.394 e. The van der Waals surface area contributed by atoms with Crippen molar-refractivity contribution in [3.63, 3.8) is 0 Å². The minimum absolute atomic E-state index is 0.502. The minimum atomic E-state index is 0.502. The van der Waals surface area contributed by atoms with Crippen molar-refractivity contribution in [2.24, 2.45) is 0 Å². The summed E-state index contributed by atoms with van der Waals surface area (Å²) in [7, 11) is 0. The molecular formula is C11H8ClN3O. The van der Waals surface area contributed by atoms with Gasteiger partial charge in [-0.25, -0.2) is 0 Å². The van der Waals surface area contributed by atoms with E-state index in [2.05, 4.69) is 10.1 Å². The number of nitrogens with two attached hydrogens (primary N) is 1. The number of benzene rings is 1. The number of rotatable bonds is 1. The van der Waals surface area contributed by atoms with Crippen LogP contribution in [0.15, 0.2) is 35.0 Å². The fraction of sp³-hybridized carbons (Fsp3) is 0. The molecular weight excluding hydrogens is 226 g/mol. The number of halogens is 1. The van der Waals surface area contributed by atoms with E-state index in [0.717, 1.165) is 16.6 Å². The Hall–Kier alpha value is -1.94. The average Bonchev–Trinajstić information content (AvgIpc) is 2.84. The first-order valence-corrected chi connectivity index (χ1v) is 5.11. The van der Waals surface area contributed by atoms with Crippen molar-refractivity contribution in [2.75, 3.05) is 5.73 Å². The van der Waals surface area contributed by atoms with E-state index in [-0.39, 0.29) is 0 Å². The van der Waals surface area contributed by atoms with Gasteiger partial charge >= 0.3 is 0 Å². The molecule has 2 aromatic heterocycles. The summed E-state index contributed by atoms with van der Waals surface area (Å²) in [5, 5.41) is 5.27. The second-order valence-corrected chi connectivity index (χ2v) is 3.90. The second kappa shape index (κ2) is 3.28. The van der Waals surface area contributed by atoms with E-state index in [1.165, 1.54) is 6.20 Å². The number of H-pyrrole nitrogens is 1. The van der Waals surface area contributed by atoms with Crippen LogP contribution in [0.25, 0.3) is 22.4 Å². The average molecular weight is 234 g/mol. The topological polar surface area (TPSA) is 67.8 Å². The SMILES string of the molecule is Nc1cnoc1-c1cc2c(Cl)cccc2[nH]1. The maximum atomic E-state index is 6.07. The summed E-state index contributed by atoms with van der Waals surface area (Å²) in [5.74, 6) is 0.535. The van der Waals surface area contributed by atoms with E-state index in [9.17, 15) is 0 Å². The van der Waals surface area contributed by atoms with Crippen molar-refractivity contribution in [3.8, 4) is 11.5 Å². The van der Waals surface area contributed by atoms with Crippen molar-refractivity contribution in [1.82, 2.24) is 10.1 Å². The summed E-state index contributed by atoms with van der Waals surface area (Å²) >= 11 is 6.07. The summed E-state index contributed by atoms with van der Waals surface area (Å²) in [4.78, 5) is 3.18. The molecule has 80 valence electrons. The quantitative estimate of drug-likeness (QED) is 0.679. The van der Waals surface area contributed by atoms with Crippen molar-refractivity contribution in [3.05, 3.63) is 35.5 Å². The predicted octanol–water partition coefficient (Wildman–Crippen LogP) is 3.06. The molecule has 0 aliphatic rings. The Morgan fingerprint density at radius 3 is 2.94 bits per heavy atom. The normalized spacial score (nSPS) is 11.1. The number of anilines is 1. The summed E-state index contributed by atoms with van der Waals surface area (Å²) in [6, 6.07) is 7.56. The maximum Gasteiger partial charge on any atom is 0.205 e. The molecule has 3 N–H and O–H groups in total. The maximum absolute atomic E-state index is 6.07. The molecule has 0 saturated carbocycles. The molecule has 2 heterocycles. The highest BCUT2D eigenvalue weighted by atomic mass is 35.5. The van der Waals surface area contributed by atoms with Gasteiger partial charge in [-0.1, -0.05) is 22.8 Å². The Kier molecular flexibility index (Phi) is 1.91. The monoisotopic (exact) mass is 233 g/mol. The van der Waals surface area contributed by atoms with E-state index in [0.29, 0.717) is 16.5 Å². The summed E-state index contributed by atoms with van der Waals surface area (Å²) in [5.41, 5.74) is 7.94. The number of fused-ring (bicyclic) bond motifs is 1. The van der Waals surface area contributed by atoms with Crippen molar-refractivity contribution in [1.29, 1.82) is 0 Å². The fourth-order valence-electron chi connectivity index (χ4n) is 1.69. The van der Waals surface area contributed by atoms with Gasteiger partial charge in [0.1, 0.15) is 5.69 Å². The molecule has 0 bridgehead atoms. The lowest BCUT2D eigenvalue weighted by Crippen LogP contribution is -1.83. The molecule has 1 aromatic carbocycles. The summed E-state index contributed by atoms with van der Waals surface area (Å²) in [6.45, 7) is 0. The van der Waals surface area contributed by atoms with E-state index in [1.807, 2.05) is 24.3 Å². The molecule has 0 saturated heterocycles. The zero-order chi connectivity index (χ0) is 11.1.